The van der Waals surface area contributed by atoms with Gasteiger partial charge in [0.1, 0.15) is 0 Å². The van der Waals surface area contributed by atoms with Gasteiger partial charge in [-0.05, 0) is 87.4 Å². The average molecular weight is 522 g/mol. The molecule has 38 heavy (non-hydrogen) atoms. The Morgan fingerprint density at radius 2 is 1.74 bits per heavy atom. The van der Waals surface area contributed by atoms with Crippen LogP contribution in [0.5, 0.6) is 0 Å². The van der Waals surface area contributed by atoms with Gasteiger partial charge in [0.25, 0.3) is 0 Å². The number of carbonyl (C=O) groups is 1. The zero-order valence-electron chi connectivity index (χ0n) is 25.3. The number of carbonyl (C=O) groups excluding carboxylic acids is 1. The minimum atomic E-state index is 0.125. The molecule has 1 fully saturated rings. The van der Waals surface area contributed by atoms with Gasteiger partial charge in [-0.3, -0.25) is 4.79 Å². The summed E-state index contributed by atoms with van der Waals surface area (Å²) in [4.78, 5) is 10.8. The summed E-state index contributed by atoms with van der Waals surface area (Å²) >= 11 is 0. The minimum Gasteiger partial charge on any atom is -0.381 e. The van der Waals surface area contributed by atoms with E-state index in [1.54, 1.807) is 18.1 Å². The van der Waals surface area contributed by atoms with Gasteiger partial charge in [-0.15, -0.1) is 0 Å². The van der Waals surface area contributed by atoms with Gasteiger partial charge < -0.3 is 10.1 Å². The lowest BCUT2D eigenvalue weighted by Crippen LogP contribution is -2.35. The van der Waals surface area contributed by atoms with Crippen LogP contribution in [-0.4, -0.2) is 31.6 Å². The van der Waals surface area contributed by atoms with Crippen molar-refractivity contribution in [1.82, 2.24) is 5.32 Å². The van der Waals surface area contributed by atoms with E-state index in [4.69, 9.17) is 4.74 Å². The molecule has 3 nitrogen and oxygen atoms in total. The topological polar surface area (TPSA) is 38.3 Å². The van der Waals surface area contributed by atoms with E-state index in [0.717, 1.165) is 43.6 Å². The molecule has 0 aromatic heterocycles. The number of hydrogen-bond donors (Lipinski definition) is 1. The van der Waals surface area contributed by atoms with Crippen LogP contribution in [0.15, 0.2) is 42.5 Å². The van der Waals surface area contributed by atoms with Crippen LogP contribution in [0.2, 0.25) is 0 Å². The third-order valence-electron chi connectivity index (χ3n) is 8.02. The number of hydrogen-bond acceptors (Lipinski definition) is 3. The average Bonchev–Trinajstić information content (AvgIpc) is 2.93. The van der Waals surface area contributed by atoms with E-state index >= 15 is 0 Å². The van der Waals surface area contributed by atoms with Crippen LogP contribution in [0.3, 0.4) is 0 Å². The van der Waals surface area contributed by atoms with Crippen LogP contribution in [0.4, 0.5) is 0 Å². The quantitative estimate of drug-likeness (QED) is 0.336. The predicted molar refractivity (Wildman–Crippen MR) is 163 cm³/mol. The van der Waals surface area contributed by atoms with Crippen molar-refractivity contribution in [3.63, 3.8) is 0 Å². The van der Waals surface area contributed by atoms with Gasteiger partial charge in [0, 0.05) is 24.8 Å². The lowest BCUT2D eigenvalue weighted by Gasteiger charge is -2.24. The molecular weight excluding hydrogens is 466 g/mol. The number of benzene rings is 2. The Morgan fingerprint density at radius 1 is 1.03 bits per heavy atom. The number of rotatable bonds is 9. The molecule has 0 bridgehead atoms. The second kappa shape index (κ2) is 18.3. The molecule has 2 atom stereocenters. The molecule has 2 aromatic carbocycles. The van der Waals surface area contributed by atoms with Gasteiger partial charge in [-0.1, -0.05) is 101 Å². The fraction of sp³-hybridized carbons (Fsp3) is 0.629. The van der Waals surface area contributed by atoms with Crippen molar-refractivity contribution in [2.45, 2.75) is 112 Å². The van der Waals surface area contributed by atoms with Gasteiger partial charge in [0.15, 0.2) is 5.78 Å². The molecule has 1 aliphatic heterocycles. The molecule has 1 N–H and O–H groups in total. The first kappa shape index (κ1) is 32.2. The molecule has 1 heterocycles. The summed E-state index contributed by atoms with van der Waals surface area (Å²) in [6.45, 7) is 15.7. The van der Waals surface area contributed by atoms with Crippen LogP contribution >= 0.6 is 0 Å². The van der Waals surface area contributed by atoms with E-state index in [1.165, 1.54) is 68.9 Å². The molecule has 1 saturated heterocycles. The van der Waals surface area contributed by atoms with Gasteiger partial charge in [-0.2, -0.15) is 0 Å². The third-order valence-corrected chi connectivity index (χ3v) is 8.02. The molecular formula is C35H55NO2. The Hall–Kier alpha value is -1.97. The summed E-state index contributed by atoms with van der Waals surface area (Å²) in [6.07, 6.45) is 12.9. The molecule has 1 aliphatic carbocycles. The van der Waals surface area contributed by atoms with E-state index in [2.05, 4.69) is 51.2 Å². The summed E-state index contributed by atoms with van der Waals surface area (Å²) < 4.78 is 5.40. The highest BCUT2D eigenvalue weighted by Gasteiger charge is 2.16. The maximum atomic E-state index is 10.8. The Balaban J connectivity index is 0.000000236. The summed E-state index contributed by atoms with van der Waals surface area (Å²) in [7, 11) is 0. The molecule has 212 valence electrons. The van der Waals surface area contributed by atoms with Crippen molar-refractivity contribution >= 4 is 5.78 Å². The van der Waals surface area contributed by atoms with Crippen molar-refractivity contribution < 1.29 is 9.53 Å². The first-order valence-corrected chi connectivity index (χ1v) is 15.3. The van der Waals surface area contributed by atoms with E-state index in [0.29, 0.717) is 6.04 Å². The van der Waals surface area contributed by atoms with Crippen molar-refractivity contribution in [2.24, 2.45) is 11.8 Å². The lowest BCUT2D eigenvalue weighted by molar-refractivity contribution is 0.0782. The van der Waals surface area contributed by atoms with Crippen LogP contribution in [-0.2, 0) is 24.0 Å². The Labute approximate surface area is 234 Å². The van der Waals surface area contributed by atoms with Crippen LogP contribution in [0, 0.1) is 18.8 Å². The predicted octanol–water partition coefficient (Wildman–Crippen LogP) is 8.54. The van der Waals surface area contributed by atoms with Crippen LogP contribution in [0.1, 0.15) is 112 Å². The van der Waals surface area contributed by atoms with E-state index in [1.807, 2.05) is 31.2 Å². The number of aryl methyl sites for hydroxylation is 2. The number of ether oxygens (including phenoxy) is 1. The normalized spacial score (nSPS) is 17.8. The molecule has 2 aromatic rings. The SMILES string of the molecule is CC(=O)c1ccc(C)cc1.CC1CCc2cc(CCNC3CCOCC3)ccc2C1.CCCCC(C)CC. The van der Waals surface area contributed by atoms with E-state index in [9.17, 15) is 4.79 Å². The minimum absolute atomic E-state index is 0.125. The maximum Gasteiger partial charge on any atom is 0.159 e. The molecule has 4 rings (SSSR count). The van der Waals surface area contributed by atoms with Gasteiger partial charge in [-0.25, -0.2) is 0 Å². The van der Waals surface area contributed by atoms with Crippen LogP contribution in [0.25, 0.3) is 0 Å². The zero-order valence-corrected chi connectivity index (χ0v) is 25.3. The number of unbranched alkanes of at least 4 members (excludes halogenated alkanes) is 1. The summed E-state index contributed by atoms with van der Waals surface area (Å²) in [5.74, 6) is 1.94. The smallest absolute Gasteiger partial charge is 0.159 e. The highest BCUT2D eigenvalue weighted by atomic mass is 16.5. The second-order valence-electron chi connectivity index (χ2n) is 11.6. The van der Waals surface area contributed by atoms with Gasteiger partial charge in [0.2, 0.25) is 0 Å². The molecule has 3 heteroatoms. The molecule has 0 radical (unpaired) electrons. The number of Topliss-reactive ketones (excluding diaryl/α,β-unsaturated/α-hetero) is 1. The van der Waals surface area contributed by atoms with Crippen molar-refractivity contribution in [3.05, 3.63) is 70.3 Å². The van der Waals surface area contributed by atoms with E-state index in [-0.39, 0.29) is 5.78 Å². The first-order valence-electron chi connectivity index (χ1n) is 15.3. The van der Waals surface area contributed by atoms with Crippen molar-refractivity contribution in [2.75, 3.05) is 19.8 Å². The molecule has 0 spiro atoms. The first-order chi connectivity index (χ1) is 18.3. The monoisotopic (exact) mass is 521 g/mol. The summed E-state index contributed by atoms with van der Waals surface area (Å²) in [6, 6.07) is 15.4. The largest absolute Gasteiger partial charge is 0.381 e. The summed E-state index contributed by atoms with van der Waals surface area (Å²) in [5, 5.41) is 3.68. The Kier molecular flexibility index (Phi) is 15.6. The number of fused-ring (bicyclic) bond motifs is 1. The second-order valence-corrected chi connectivity index (χ2v) is 11.6. The number of nitrogens with one attached hydrogen (secondary N) is 1. The molecule has 2 unspecified atom stereocenters. The third kappa shape index (κ3) is 12.7. The van der Waals surface area contributed by atoms with Crippen molar-refractivity contribution in [3.8, 4) is 0 Å². The zero-order chi connectivity index (χ0) is 27.8. The van der Waals surface area contributed by atoms with Crippen molar-refractivity contribution in [1.29, 1.82) is 0 Å². The molecule has 2 aliphatic rings. The Bertz CT molecular complexity index is 914. The fourth-order valence-electron chi connectivity index (χ4n) is 5.01. The highest BCUT2D eigenvalue weighted by Crippen LogP contribution is 2.26. The lowest BCUT2D eigenvalue weighted by atomic mass is 9.84. The fourth-order valence-corrected chi connectivity index (χ4v) is 5.01. The Morgan fingerprint density at radius 3 is 2.37 bits per heavy atom. The number of ketones is 1. The van der Waals surface area contributed by atoms with E-state index < -0.39 is 0 Å². The molecule has 0 saturated carbocycles. The summed E-state index contributed by atoms with van der Waals surface area (Å²) in [5.41, 5.74) is 6.66. The van der Waals surface area contributed by atoms with Gasteiger partial charge in [0.05, 0.1) is 0 Å². The van der Waals surface area contributed by atoms with Gasteiger partial charge >= 0.3 is 0 Å². The standard InChI is InChI=1S/C18H27NO.C9H10O.C8H18/c1-14-2-4-17-13-15(3-5-16(17)12-14)6-9-19-18-7-10-20-11-8-18;1-7-3-5-9(6-4-7)8(2)10;1-4-6-7-8(3)5-2/h3,5,13-14,18-19H,2,4,6-12H2,1H3;3-6H,1-2H3;8H,4-7H2,1-3H3. The molecule has 0 amide bonds. The van der Waals surface area contributed by atoms with Crippen LogP contribution < -0.4 is 5.32 Å². The maximum absolute atomic E-state index is 10.8. The highest BCUT2D eigenvalue weighted by molar-refractivity contribution is 5.93.